The zero-order valence-corrected chi connectivity index (χ0v) is 14.5. The van der Waals surface area contributed by atoms with E-state index in [0.29, 0.717) is 24.5 Å². The van der Waals surface area contributed by atoms with Crippen LogP contribution in [0.1, 0.15) is 26.5 Å². The summed E-state index contributed by atoms with van der Waals surface area (Å²) in [6.45, 7) is 8.48. The molecule has 0 radical (unpaired) electrons. The van der Waals surface area contributed by atoms with E-state index in [4.69, 9.17) is 0 Å². The average Bonchev–Trinajstić information content (AvgIpc) is 2.85. The number of hydrogen-bond acceptors (Lipinski definition) is 4. The predicted octanol–water partition coefficient (Wildman–Crippen LogP) is 1.08. The lowest BCUT2D eigenvalue weighted by atomic mass is 10.3. The minimum absolute atomic E-state index is 0.0675. The lowest BCUT2D eigenvalue weighted by Gasteiger charge is -2.28. The summed E-state index contributed by atoms with van der Waals surface area (Å²) in [6.07, 6.45) is 1.58. The SMILES string of the molecule is CCNCc1cc(S(=O)(=O)N(CC)C(C)CN(C)C)c[nH]1. The van der Waals surface area contributed by atoms with E-state index < -0.39 is 10.0 Å². The Hall–Kier alpha value is -0.890. The van der Waals surface area contributed by atoms with Crippen LogP contribution in [0.5, 0.6) is 0 Å². The lowest BCUT2D eigenvalue weighted by molar-refractivity contribution is 0.271. The van der Waals surface area contributed by atoms with E-state index in [1.54, 1.807) is 16.6 Å². The molecule has 1 aromatic rings. The van der Waals surface area contributed by atoms with Gasteiger partial charge in [-0.05, 0) is 33.6 Å². The summed E-state index contributed by atoms with van der Waals surface area (Å²) >= 11 is 0. The maximum atomic E-state index is 12.7. The van der Waals surface area contributed by atoms with Crippen LogP contribution in [-0.2, 0) is 16.6 Å². The van der Waals surface area contributed by atoms with Crippen molar-refractivity contribution in [3.8, 4) is 0 Å². The highest BCUT2D eigenvalue weighted by Crippen LogP contribution is 2.19. The summed E-state index contributed by atoms with van der Waals surface area (Å²) < 4.78 is 27.0. The van der Waals surface area contributed by atoms with Crippen molar-refractivity contribution in [2.24, 2.45) is 0 Å². The zero-order valence-electron chi connectivity index (χ0n) is 13.7. The standard InChI is InChI=1S/C14H28N4O2S/c1-6-15-9-13-8-14(10-16-13)21(19,20)18(7-2)12(3)11-17(4)5/h8,10,12,15-16H,6-7,9,11H2,1-5H3. The number of hydrogen-bond donors (Lipinski definition) is 2. The van der Waals surface area contributed by atoms with Crippen molar-refractivity contribution in [3.05, 3.63) is 18.0 Å². The largest absolute Gasteiger partial charge is 0.363 e. The molecule has 1 rings (SSSR count). The Morgan fingerprint density at radius 3 is 2.52 bits per heavy atom. The smallest absolute Gasteiger partial charge is 0.244 e. The second kappa shape index (κ2) is 7.93. The Labute approximate surface area is 128 Å². The first-order valence-electron chi connectivity index (χ1n) is 7.37. The molecule has 6 nitrogen and oxygen atoms in total. The van der Waals surface area contributed by atoms with Gasteiger partial charge < -0.3 is 15.2 Å². The fourth-order valence-corrected chi connectivity index (χ4v) is 4.05. The van der Waals surface area contributed by atoms with Crippen LogP contribution in [0.4, 0.5) is 0 Å². The van der Waals surface area contributed by atoms with Gasteiger partial charge in [0, 0.05) is 37.6 Å². The van der Waals surface area contributed by atoms with Gasteiger partial charge in [-0.15, -0.1) is 0 Å². The van der Waals surface area contributed by atoms with Gasteiger partial charge in [0.2, 0.25) is 10.0 Å². The molecular weight excluding hydrogens is 288 g/mol. The van der Waals surface area contributed by atoms with Crippen molar-refractivity contribution < 1.29 is 8.42 Å². The van der Waals surface area contributed by atoms with E-state index >= 15 is 0 Å². The quantitative estimate of drug-likeness (QED) is 0.715. The zero-order chi connectivity index (χ0) is 16.0. The van der Waals surface area contributed by atoms with Crippen LogP contribution in [0.3, 0.4) is 0 Å². The highest BCUT2D eigenvalue weighted by molar-refractivity contribution is 7.89. The highest BCUT2D eigenvalue weighted by Gasteiger charge is 2.28. The van der Waals surface area contributed by atoms with Crippen molar-refractivity contribution in [2.45, 2.75) is 38.3 Å². The van der Waals surface area contributed by atoms with Gasteiger partial charge in [-0.25, -0.2) is 8.42 Å². The van der Waals surface area contributed by atoms with E-state index in [9.17, 15) is 8.42 Å². The molecule has 0 amide bonds. The Bertz CT molecular complexity index is 525. The second-order valence-electron chi connectivity index (χ2n) is 5.46. The predicted molar refractivity (Wildman–Crippen MR) is 85.8 cm³/mol. The van der Waals surface area contributed by atoms with Gasteiger partial charge in [-0.2, -0.15) is 4.31 Å². The molecule has 0 bridgehead atoms. The molecule has 0 fully saturated rings. The molecule has 0 aliphatic heterocycles. The molecule has 7 heteroatoms. The molecule has 0 aliphatic rings. The fourth-order valence-electron chi connectivity index (χ4n) is 2.40. The van der Waals surface area contributed by atoms with E-state index in [2.05, 4.69) is 10.3 Å². The van der Waals surface area contributed by atoms with Gasteiger partial charge in [0.25, 0.3) is 0 Å². The number of nitrogens with zero attached hydrogens (tertiary/aromatic N) is 2. The van der Waals surface area contributed by atoms with E-state index in [-0.39, 0.29) is 6.04 Å². The number of nitrogens with one attached hydrogen (secondary N) is 2. The maximum Gasteiger partial charge on any atom is 0.244 e. The van der Waals surface area contributed by atoms with Gasteiger partial charge in [-0.1, -0.05) is 13.8 Å². The van der Waals surface area contributed by atoms with Gasteiger partial charge in [0.1, 0.15) is 0 Å². The van der Waals surface area contributed by atoms with E-state index in [0.717, 1.165) is 12.2 Å². The molecule has 122 valence electrons. The molecule has 2 N–H and O–H groups in total. The van der Waals surface area contributed by atoms with Crippen LogP contribution in [0.25, 0.3) is 0 Å². The maximum absolute atomic E-state index is 12.7. The molecule has 1 aromatic heterocycles. The van der Waals surface area contributed by atoms with Crippen molar-refractivity contribution in [1.82, 2.24) is 19.5 Å². The van der Waals surface area contributed by atoms with Crippen LogP contribution in [-0.4, -0.2) is 62.4 Å². The van der Waals surface area contributed by atoms with Crippen molar-refractivity contribution in [3.63, 3.8) is 0 Å². The second-order valence-corrected chi connectivity index (χ2v) is 7.35. The molecule has 1 atom stereocenters. The van der Waals surface area contributed by atoms with Crippen LogP contribution in [0.15, 0.2) is 17.2 Å². The Morgan fingerprint density at radius 1 is 1.33 bits per heavy atom. The minimum atomic E-state index is -3.45. The number of likely N-dealkylation sites (N-methyl/N-ethyl adjacent to an activating group) is 2. The van der Waals surface area contributed by atoms with Gasteiger partial charge in [0.05, 0.1) is 4.90 Å². The molecule has 0 saturated carbocycles. The molecule has 1 heterocycles. The number of aromatic amines is 1. The van der Waals surface area contributed by atoms with Crippen LogP contribution < -0.4 is 5.32 Å². The third kappa shape index (κ3) is 4.81. The first-order chi connectivity index (χ1) is 9.82. The summed E-state index contributed by atoms with van der Waals surface area (Å²) in [5.41, 5.74) is 0.881. The molecule has 0 aliphatic carbocycles. The minimum Gasteiger partial charge on any atom is -0.363 e. The van der Waals surface area contributed by atoms with Crippen molar-refractivity contribution >= 4 is 10.0 Å². The van der Waals surface area contributed by atoms with Crippen molar-refractivity contribution in [1.29, 1.82) is 0 Å². The highest BCUT2D eigenvalue weighted by atomic mass is 32.2. The van der Waals surface area contributed by atoms with Crippen molar-refractivity contribution in [2.75, 3.05) is 33.7 Å². The third-order valence-electron chi connectivity index (χ3n) is 3.32. The molecular formula is C14H28N4O2S. The van der Waals surface area contributed by atoms with Crippen LogP contribution in [0.2, 0.25) is 0 Å². The van der Waals surface area contributed by atoms with Crippen LogP contribution >= 0.6 is 0 Å². The Kier molecular flexibility index (Phi) is 6.86. The molecule has 0 aromatic carbocycles. The number of aromatic nitrogens is 1. The lowest BCUT2D eigenvalue weighted by Crippen LogP contribution is -2.43. The molecule has 0 saturated heterocycles. The first kappa shape index (κ1) is 18.2. The van der Waals surface area contributed by atoms with Gasteiger partial charge in [0.15, 0.2) is 0 Å². The Morgan fingerprint density at radius 2 is 2.00 bits per heavy atom. The molecule has 0 spiro atoms. The summed E-state index contributed by atoms with van der Waals surface area (Å²) in [5, 5.41) is 3.18. The Balaban J connectivity index is 2.93. The van der Waals surface area contributed by atoms with Gasteiger partial charge in [-0.3, -0.25) is 0 Å². The summed E-state index contributed by atoms with van der Waals surface area (Å²) in [6, 6.07) is 1.64. The van der Waals surface area contributed by atoms with Crippen LogP contribution in [0, 0.1) is 0 Å². The van der Waals surface area contributed by atoms with E-state index in [1.807, 2.05) is 39.8 Å². The third-order valence-corrected chi connectivity index (χ3v) is 5.39. The first-order valence-corrected chi connectivity index (χ1v) is 8.81. The fraction of sp³-hybridized carbons (Fsp3) is 0.714. The topological polar surface area (TPSA) is 68.4 Å². The molecule has 21 heavy (non-hydrogen) atoms. The number of rotatable bonds is 9. The normalized spacial score (nSPS) is 14.0. The number of sulfonamides is 1. The monoisotopic (exact) mass is 316 g/mol. The summed E-state index contributed by atoms with van der Waals surface area (Å²) in [7, 11) is 0.440. The van der Waals surface area contributed by atoms with E-state index in [1.165, 1.54) is 0 Å². The summed E-state index contributed by atoms with van der Waals surface area (Å²) in [5.74, 6) is 0. The number of H-pyrrole nitrogens is 1. The summed E-state index contributed by atoms with van der Waals surface area (Å²) in [4.78, 5) is 5.36. The average molecular weight is 316 g/mol. The van der Waals surface area contributed by atoms with Gasteiger partial charge >= 0.3 is 0 Å². The molecule has 1 unspecified atom stereocenters.